The molecule has 0 aromatic heterocycles. The van der Waals surface area contributed by atoms with Crippen LogP contribution in [0.4, 0.5) is 0 Å². The van der Waals surface area contributed by atoms with E-state index in [1.54, 1.807) is 0 Å². The van der Waals surface area contributed by atoms with Crippen molar-refractivity contribution in [3.63, 3.8) is 0 Å². The summed E-state index contributed by atoms with van der Waals surface area (Å²) in [7, 11) is 0. The fourth-order valence-corrected chi connectivity index (χ4v) is 1.70. The molecule has 0 aliphatic rings. The van der Waals surface area contributed by atoms with Gasteiger partial charge >= 0.3 is 5.97 Å². The number of carbonyl (C=O) groups is 1. The van der Waals surface area contributed by atoms with Gasteiger partial charge in [-0.3, -0.25) is 0 Å². The monoisotopic (exact) mass is 247 g/mol. The molecule has 0 saturated heterocycles. The molecule has 0 bridgehead atoms. The Balaban J connectivity index is 4.22. The molecule has 0 aliphatic carbocycles. The molecule has 94 valence electrons. The quantitative estimate of drug-likeness (QED) is 0.458. The first-order valence-electron chi connectivity index (χ1n) is 5.36. The van der Waals surface area contributed by atoms with E-state index >= 15 is 0 Å². The van der Waals surface area contributed by atoms with Gasteiger partial charge in [0.05, 0.1) is 0 Å². The van der Waals surface area contributed by atoms with Gasteiger partial charge in [0.1, 0.15) is 6.04 Å². The highest BCUT2D eigenvalue weighted by atomic mass is 32.2. The maximum Gasteiger partial charge on any atom is 0.328 e. The van der Waals surface area contributed by atoms with Gasteiger partial charge in [0.25, 0.3) is 0 Å². The highest BCUT2D eigenvalue weighted by Crippen LogP contribution is 2.10. The molecular formula is C10H21N3O2S. The topological polar surface area (TPSA) is 102 Å². The minimum Gasteiger partial charge on any atom is -0.480 e. The Bertz CT molecular complexity index is 244. The van der Waals surface area contributed by atoms with Crippen molar-refractivity contribution in [2.75, 3.05) is 12.3 Å². The number of hydrogen-bond donors (Lipinski definition) is 3. The van der Waals surface area contributed by atoms with Crippen LogP contribution in [0, 0.1) is 5.92 Å². The van der Waals surface area contributed by atoms with Gasteiger partial charge in [-0.25, -0.2) is 9.79 Å². The minimum absolute atomic E-state index is 0.345. The van der Waals surface area contributed by atoms with E-state index in [9.17, 15) is 4.79 Å². The molecule has 0 rings (SSSR count). The first-order valence-corrected chi connectivity index (χ1v) is 6.34. The van der Waals surface area contributed by atoms with Crippen molar-refractivity contribution in [2.24, 2.45) is 22.4 Å². The Morgan fingerprint density at radius 2 is 2.12 bits per heavy atom. The molecule has 0 aromatic rings. The van der Waals surface area contributed by atoms with Gasteiger partial charge in [0, 0.05) is 5.75 Å². The molecule has 5 N–H and O–H groups in total. The Morgan fingerprint density at radius 1 is 1.50 bits per heavy atom. The zero-order valence-electron chi connectivity index (χ0n) is 9.85. The molecule has 0 fully saturated rings. The second kappa shape index (κ2) is 8.41. The summed E-state index contributed by atoms with van der Waals surface area (Å²) < 4.78 is 0. The fourth-order valence-electron chi connectivity index (χ4n) is 0.997. The molecule has 5 nitrogen and oxygen atoms in total. The Hall–Kier alpha value is -0.750. The molecule has 0 heterocycles. The molecule has 16 heavy (non-hydrogen) atoms. The zero-order valence-corrected chi connectivity index (χ0v) is 10.7. The van der Waals surface area contributed by atoms with Crippen LogP contribution >= 0.6 is 11.8 Å². The molecule has 0 aliphatic heterocycles. The average Bonchev–Trinajstić information content (AvgIpc) is 2.20. The van der Waals surface area contributed by atoms with E-state index in [1.807, 2.05) is 0 Å². The van der Waals surface area contributed by atoms with Gasteiger partial charge in [0.15, 0.2) is 5.17 Å². The van der Waals surface area contributed by atoms with Crippen molar-refractivity contribution in [3.8, 4) is 0 Å². The maximum absolute atomic E-state index is 10.9. The number of nitrogens with zero attached hydrogens (tertiary/aromatic N) is 1. The molecule has 1 atom stereocenters. The van der Waals surface area contributed by atoms with Crippen LogP contribution < -0.4 is 11.5 Å². The third-order valence-electron chi connectivity index (χ3n) is 1.81. The summed E-state index contributed by atoms with van der Waals surface area (Å²) in [5.74, 6) is 0.408. The summed E-state index contributed by atoms with van der Waals surface area (Å²) in [6.45, 7) is 4.62. The summed E-state index contributed by atoms with van der Waals surface area (Å²) in [5.41, 5.74) is 11.0. The number of nitrogens with two attached hydrogens (primary N) is 2. The smallest absolute Gasteiger partial charge is 0.328 e. The third kappa shape index (κ3) is 7.53. The predicted molar refractivity (Wildman–Crippen MR) is 68.6 cm³/mol. The second-order valence-corrected chi connectivity index (χ2v) is 5.00. The molecule has 0 radical (unpaired) electrons. The summed E-state index contributed by atoms with van der Waals surface area (Å²) in [6.07, 6.45) is 1.08. The lowest BCUT2D eigenvalue weighted by Crippen LogP contribution is -2.23. The summed E-state index contributed by atoms with van der Waals surface area (Å²) >= 11 is 1.40. The maximum atomic E-state index is 10.9. The van der Waals surface area contributed by atoms with E-state index in [4.69, 9.17) is 16.6 Å². The van der Waals surface area contributed by atoms with Crippen LogP contribution in [0.3, 0.4) is 0 Å². The van der Waals surface area contributed by atoms with Gasteiger partial charge in [-0.15, -0.1) is 0 Å². The van der Waals surface area contributed by atoms with Crippen LogP contribution in [0.15, 0.2) is 4.99 Å². The largest absolute Gasteiger partial charge is 0.480 e. The van der Waals surface area contributed by atoms with Crippen LogP contribution in [0.1, 0.15) is 26.7 Å². The fraction of sp³-hybridized carbons (Fsp3) is 0.800. The van der Waals surface area contributed by atoms with E-state index in [2.05, 4.69) is 18.8 Å². The second-order valence-electron chi connectivity index (χ2n) is 3.96. The molecule has 0 aromatic carbocycles. The van der Waals surface area contributed by atoms with E-state index in [1.165, 1.54) is 11.8 Å². The van der Waals surface area contributed by atoms with Crippen LogP contribution in [0.5, 0.6) is 0 Å². The molecule has 6 heteroatoms. The summed E-state index contributed by atoms with van der Waals surface area (Å²) in [4.78, 5) is 14.9. The first-order chi connectivity index (χ1) is 7.47. The summed E-state index contributed by atoms with van der Waals surface area (Å²) in [6, 6.07) is -0.761. The van der Waals surface area contributed by atoms with Gasteiger partial charge in [-0.2, -0.15) is 0 Å². The number of hydrogen-bond acceptors (Lipinski definition) is 4. The lowest BCUT2D eigenvalue weighted by atomic mass is 10.2. The normalized spacial score (nSPS) is 14.1. The van der Waals surface area contributed by atoms with Crippen LogP contribution in [0.2, 0.25) is 0 Å². The Labute approximate surface area is 101 Å². The van der Waals surface area contributed by atoms with Crippen LogP contribution in [-0.2, 0) is 4.79 Å². The van der Waals surface area contributed by atoms with E-state index in [0.717, 1.165) is 5.75 Å². The van der Waals surface area contributed by atoms with Crippen LogP contribution in [-0.4, -0.2) is 34.6 Å². The van der Waals surface area contributed by atoms with Gasteiger partial charge in [-0.1, -0.05) is 25.6 Å². The zero-order chi connectivity index (χ0) is 12.6. The number of carboxylic acids is 1. The highest BCUT2D eigenvalue weighted by molar-refractivity contribution is 8.13. The summed E-state index contributed by atoms with van der Waals surface area (Å²) in [5, 5.41) is 9.26. The number of amidine groups is 1. The van der Waals surface area contributed by atoms with Crippen LogP contribution in [0.25, 0.3) is 0 Å². The van der Waals surface area contributed by atoms with Gasteiger partial charge in [-0.05, 0) is 25.3 Å². The lowest BCUT2D eigenvalue weighted by Gasteiger charge is -2.09. The van der Waals surface area contributed by atoms with Crippen molar-refractivity contribution in [1.29, 1.82) is 0 Å². The molecule has 0 amide bonds. The Morgan fingerprint density at radius 3 is 2.56 bits per heavy atom. The van der Waals surface area contributed by atoms with Crippen molar-refractivity contribution in [2.45, 2.75) is 32.7 Å². The van der Waals surface area contributed by atoms with Gasteiger partial charge < -0.3 is 16.6 Å². The number of carboxylic acid groups (broad SMARTS) is 1. The lowest BCUT2D eigenvalue weighted by molar-refractivity contribution is -0.138. The number of thioether (sulfide) groups is 1. The molecule has 0 unspecified atom stereocenters. The molecule has 0 saturated carbocycles. The van der Waals surface area contributed by atoms with E-state index < -0.39 is 12.0 Å². The van der Waals surface area contributed by atoms with Gasteiger partial charge in [0.2, 0.25) is 0 Å². The number of aliphatic imine (C=N–C) groups is 1. The third-order valence-corrected chi connectivity index (χ3v) is 3.05. The average molecular weight is 247 g/mol. The molecule has 0 spiro atoms. The minimum atomic E-state index is -0.943. The van der Waals surface area contributed by atoms with Crippen molar-refractivity contribution in [3.05, 3.63) is 0 Å². The number of aliphatic carboxylic acids is 1. The standard InChI is InChI=1S/C10H21N3O2S/c1-7(2)6-16-10(12)13-8(9(14)15)4-3-5-11/h7-8H,3-6,11H2,1-2H3,(H2,12,13)(H,14,15)/t8-/m1/s1. The van der Waals surface area contributed by atoms with Crippen molar-refractivity contribution in [1.82, 2.24) is 0 Å². The molecular weight excluding hydrogens is 226 g/mol. The SMILES string of the molecule is CC(C)CSC(N)=N[C@H](CCCN)C(=O)O. The van der Waals surface area contributed by atoms with E-state index in [-0.39, 0.29) is 0 Å². The number of rotatable bonds is 7. The highest BCUT2D eigenvalue weighted by Gasteiger charge is 2.15. The first kappa shape index (κ1) is 15.2. The van der Waals surface area contributed by atoms with Crippen molar-refractivity contribution >= 4 is 22.9 Å². The van der Waals surface area contributed by atoms with E-state index in [0.29, 0.717) is 30.5 Å². The Kier molecular flexibility index (Phi) is 8.01. The van der Waals surface area contributed by atoms with Crippen molar-refractivity contribution < 1.29 is 9.90 Å². The predicted octanol–water partition coefficient (Wildman–Crippen LogP) is 0.882.